The highest BCUT2D eigenvalue weighted by Gasteiger charge is 2.25. The van der Waals surface area contributed by atoms with Crippen molar-refractivity contribution in [2.75, 3.05) is 4.90 Å². The summed E-state index contributed by atoms with van der Waals surface area (Å²) in [7, 11) is 0. The quantitative estimate of drug-likeness (QED) is 0.585. The smallest absolute Gasteiger partial charge is 0.270 e. The third-order valence-corrected chi connectivity index (χ3v) is 3.86. The van der Waals surface area contributed by atoms with Gasteiger partial charge in [-0.05, 0) is 31.0 Å². The van der Waals surface area contributed by atoms with Gasteiger partial charge < -0.3 is 4.90 Å². The van der Waals surface area contributed by atoms with E-state index in [1.54, 1.807) is 17.0 Å². The van der Waals surface area contributed by atoms with Gasteiger partial charge in [0.2, 0.25) is 0 Å². The number of para-hydroxylation sites is 1. The van der Waals surface area contributed by atoms with Crippen molar-refractivity contribution in [1.29, 1.82) is 0 Å². The monoisotopic (exact) mass is 312 g/mol. The first-order chi connectivity index (χ1) is 11.1. The van der Waals surface area contributed by atoms with Gasteiger partial charge in [0.25, 0.3) is 11.6 Å². The molecule has 5 heteroatoms. The molecule has 0 bridgehead atoms. The summed E-state index contributed by atoms with van der Waals surface area (Å²) < 4.78 is 0. The second-order valence-corrected chi connectivity index (χ2v) is 5.29. The van der Waals surface area contributed by atoms with Crippen molar-refractivity contribution < 1.29 is 9.72 Å². The Hall–Kier alpha value is -2.69. The second kappa shape index (κ2) is 7.54. The Kier molecular flexibility index (Phi) is 5.46. The van der Waals surface area contributed by atoms with Crippen LogP contribution < -0.4 is 4.90 Å². The zero-order valence-corrected chi connectivity index (χ0v) is 13.3. The number of nitrogens with zero attached hydrogens (tertiary/aromatic N) is 2. The molecule has 0 heterocycles. The van der Waals surface area contributed by atoms with Crippen molar-refractivity contribution in [3.8, 4) is 0 Å². The molecule has 0 saturated carbocycles. The number of benzene rings is 2. The molecule has 0 aromatic heterocycles. The average Bonchev–Trinajstić information content (AvgIpc) is 2.59. The van der Waals surface area contributed by atoms with E-state index < -0.39 is 4.92 Å². The largest absolute Gasteiger partial charge is 0.305 e. The van der Waals surface area contributed by atoms with Crippen LogP contribution in [-0.2, 0) is 0 Å². The normalized spacial score (nSPS) is 10.6. The van der Waals surface area contributed by atoms with Gasteiger partial charge in [0, 0.05) is 29.4 Å². The van der Waals surface area contributed by atoms with E-state index in [0.717, 1.165) is 18.5 Å². The lowest BCUT2D eigenvalue weighted by Gasteiger charge is -2.30. The summed E-state index contributed by atoms with van der Waals surface area (Å²) in [6.07, 6.45) is 1.62. The number of non-ortho nitro benzene ring substituents is 1. The number of rotatable bonds is 6. The van der Waals surface area contributed by atoms with E-state index in [4.69, 9.17) is 0 Å². The van der Waals surface area contributed by atoms with Crippen LogP contribution in [0.25, 0.3) is 0 Å². The highest BCUT2D eigenvalue weighted by molar-refractivity contribution is 6.06. The summed E-state index contributed by atoms with van der Waals surface area (Å²) in [6, 6.07) is 15.4. The van der Waals surface area contributed by atoms with Gasteiger partial charge in [0.1, 0.15) is 0 Å². The lowest BCUT2D eigenvalue weighted by atomic mass is 10.1. The SMILES string of the molecule is CCC(CC)N(C(=O)c1cccc([N+](=O)[O-])c1)c1ccccc1. The van der Waals surface area contributed by atoms with Crippen molar-refractivity contribution in [3.05, 3.63) is 70.3 Å². The van der Waals surface area contributed by atoms with Gasteiger partial charge >= 0.3 is 0 Å². The Morgan fingerprint density at radius 1 is 1.09 bits per heavy atom. The molecular formula is C18H20N2O3. The molecule has 0 N–H and O–H groups in total. The summed E-state index contributed by atoms with van der Waals surface area (Å²) in [6.45, 7) is 4.07. The highest BCUT2D eigenvalue weighted by Crippen LogP contribution is 2.24. The van der Waals surface area contributed by atoms with E-state index >= 15 is 0 Å². The van der Waals surface area contributed by atoms with Crippen LogP contribution in [0.5, 0.6) is 0 Å². The number of anilines is 1. The summed E-state index contributed by atoms with van der Waals surface area (Å²) in [5, 5.41) is 10.9. The number of hydrogen-bond donors (Lipinski definition) is 0. The van der Waals surface area contributed by atoms with Crippen LogP contribution in [0.2, 0.25) is 0 Å². The molecule has 0 aliphatic rings. The van der Waals surface area contributed by atoms with Crippen molar-refractivity contribution >= 4 is 17.3 Å². The number of hydrogen-bond acceptors (Lipinski definition) is 3. The molecule has 5 nitrogen and oxygen atoms in total. The van der Waals surface area contributed by atoms with Crippen LogP contribution in [-0.4, -0.2) is 16.9 Å². The number of amides is 1. The lowest BCUT2D eigenvalue weighted by Crippen LogP contribution is -2.40. The number of carbonyl (C=O) groups excluding carboxylic acids is 1. The number of nitro groups is 1. The summed E-state index contributed by atoms with van der Waals surface area (Å²) in [5.74, 6) is -0.214. The standard InChI is InChI=1S/C18H20N2O3/c1-3-15(4-2)19(16-10-6-5-7-11-16)18(21)14-9-8-12-17(13-14)20(22)23/h5-13,15H,3-4H2,1-2H3. The molecule has 0 atom stereocenters. The average molecular weight is 312 g/mol. The maximum atomic E-state index is 13.0. The number of nitro benzene ring substituents is 1. The van der Waals surface area contributed by atoms with E-state index in [1.165, 1.54) is 12.1 Å². The van der Waals surface area contributed by atoms with Crippen molar-refractivity contribution in [2.24, 2.45) is 0 Å². The minimum absolute atomic E-state index is 0.0455. The van der Waals surface area contributed by atoms with Crippen LogP contribution in [0.1, 0.15) is 37.0 Å². The molecule has 0 saturated heterocycles. The third-order valence-electron chi connectivity index (χ3n) is 3.86. The predicted molar refractivity (Wildman–Crippen MR) is 90.7 cm³/mol. The fourth-order valence-electron chi connectivity index (χ4n) is 2.63. The summed E-state index contributed by atoms with van der Waals surface area (Å²) in [5.41, 5.74) is 1.06. The van der Waals surface area contributed by atoms with Crippen LogP contribution >= 0.6 is 0 Å². The summed E-state index contributed by atoms with van der Waals surface area (Å²) >= 11 is 0. The Bertz CT molecular complexity index is 682. The molecule has 2 aromatic carbocycles. The Morgan fingerprint density at radius 3 is 2.30 bits per heavy atom. The molecule has 0 aliphatic carbocycles. The van der Waals surface area contributed by atoms with Gasteiger partial charge in [0.15, 0.2) is 0 Å². The van der Waals surface area contributed by atoms with Gasteiger partial charge in [-0.15, -0.1) is 0 Å². The van der Waals surface area contributed by atoms with Crippen LogP contribution in [0, 0.1) is 10.1 Å². The minimum atomic E-state index is -0.485. The van der Waals surface area contributed by atoms with E-state index in [1.807, 2.05) is 44.2 Å². The predicted octanol–water partition coefficient (Wildman–Crippen LogP) is 4.43. The Labute approximate surface area is 135 Å². The molecule has 0 radical (unpaired) electrons. The maximum absolute atomic E-state index is 13.0. The van der Waals surface area contributed by atoms with Gasteiger partial charge in [-0.2, -0.15) is 0 Å². The zero-order chi connectivity index (χ0) is 16.8. The zero-order valence-electron chi connectivity index (χ0n) is 13.3. The Morgan fingerprint density at radius 2 is 1.74 bits per heavy atom. The van der Waals surface area contributed by atoms with Gasteiger partial charge in [-0.25, -0.2) is 0 Å². The first-order valence-corrected chi connectivity index (χ1v) is 7.71. The number of carbonyl (C=O) groups is 1. The van der Waals surface area contributed by atoms with Crippen LogP contribution in [0.4, 0.5) is 11.4 Å². The highest BCUT2D eigenvalue weighted by atomic mass is 16.6. The van der Waals surface area contributed by atoms with Crippen LogP contribution in [0.15, 0.2) is 54.6 Å². The molecule has 0 fully saturated rings. The van der Waals surface area contributed by atoms with Gasteiger partial charge in [-0.1, -0.05) is 38.1 Å². The van der Waals surface area contributed by atoms with Gasteiger partial charge in [-0.3, -0.25) is 14.9 Å². The van der Waals surface area contributed by atoms with E-state index in [-0.39, 0.29) is 17.6 Å². The molecule has 2 rings (SSSR count). The first-order valence-electron chi connectivity index (χ1n) is 7.71. The van der Waals surface area contributed by atoms with Crippen molar-refractivity contribution in [3.63, 3.8) is 0 Å². The fourth-order valence-corrected chi connectivity index (χ4v) is 2.63. The lowest BCUT2D eigenvalue weighted by molar-refractivity contribution is -0.384. The Balaban J connectivity index is 2.45. The third kappa shape index (κ3) is 3.74. The molecule has 23 heavy (non-hydrogen) atoms. The molecule has 2 aromatic rings. The van der Waals surface area contributed by atoms with Gasteiger partial charge in [0.05, 0.1) is 4.92 Å². The van der Waals surface area contributed by atoms with E-state index in [0.29, 0.717) is 5.56 Å². The molecule has 120 valence electrons. The van der Waals surface area contributed by atoms with Crippen LogP contribution in [0.3, 0.4) is 0 Å². The second-order valence-electron chi connectivity index (χ2n) is 5.29. The minimum Gasteiger partial charge on any atom is -0.305 e. The van der Waals surface area contributed by atoms with Crippen molar-refractivity contribution in [2.45, 2.75) is 32.7 Å². The molecule has 0 spiro atoms. The molecule has 0 unspecified atom stereocenters. The summed E-state index contributed by atoms with van der Waals surface area (Å²) in [4.78, 5) is 25.2. The molecule has 0 aliphatic heterocycles. The van der Waals surface area contributed by atoms with E-state index in [2.05, 4.69) is 0 Å². The van der Waals surface area contributed by atoms with E-state index in [9.17, 15) is 14.9 Å². The molecule has 1 amide bonds. The fraction of sp³-hybridized carbons (Fsp3) is 0.278. The molecular weight excluding hydrogens is 292 g/mol. The first kappa shape index (κ1) is 16.7. The van der Waals surface area contributed by atoms with Crippen molar-refractivity contribution in [1.82, 2.24) is 0 Å². The topological polar surface area (TPSA) is 63.5 Å². The maximum Gasteiger partial charge on any atom is 0.270 e.